The molecule has 3 rings (SSSR count). The van der Waals surface area contributed by atoms with Crippen molar-refractivity contribution in [2.45, 2.75) is 26.7 Å². The minimum Gasteiger partial charge on any atom is -0.368 e. The van der Waals surface area contributed by atoms with Gasteiger partial charge in [0.1, 0.15) is 23.7 Å². The summed E-state index contributed by atoms with van der Waals surface area (Å²) in [5.74, 6) is 0.514. The zero-order valence-electron chi connectivity index (χ0n) is 16.6. The SMILES string of the molecule is CCCN(CCC)c1cc(C(=O)N2CCN(c3ccc(F)cc3)CC2)ncn1. The summed E-state index contributed by atoms with van der Waals surface area (Å²) in [6.45, 7) is 8.75. The summed E-state index contributed by atoms with van der Waals surface area (Å²) in [7, 11) is 0. The molecule has 2 aromatic rings. The van der Waals surface area contributed by atoms with Crippen molar-refractivity contribution in [2.24, 2.45) is 0 Å². The van der Waals surface area contributed by atoms with Crippen LogP contribution in [0.4, 0.5) is 15.9 Å². The quantitative estimate of drug-likeness (QED) is 0.733. The molecule has 0 saturated carbocycles. The highest BCUT2D eigenvalue weighted by molar-refractivity contribution is 5.93. The molecule has 2 heterocycles. The lowest BCUT2D eigenvalue weighted by atomic mass is 10.2. The molecule has 7 heteroatoms. The van der Waals surface area contributed by atoms with Gasteiger partial charge in [0.25, 0.3) is 5.91 Å². The maximum absolute atomic E-state index is 13.1. The number of halogens is 1. The van der Waals surface area contributed by atoms with E-state index in [0.29, 0.717) is 31.9 Å². The van der Waals surface area contributed by atoms with Gasteiger partial charge < -0.3 is 14.7 Å². The average molecular weight is 385 g/mol. The largest absolute Gasteiger partial charge is 0.368 e. The number of amides is 1. The molecular weight excluding hydrogens is 357 g/mol. The monoisotopic (exact) mass is 385 g/mol. The summed E-state index contributed by atoms with van der Waals surface area (Å²) in [4.78, 5) is 27.7. The lowest BCUT2D eigenvalue weighted by molar-refractivity contribution is 0.0740. The number of benzene rings is 1. The van der Waals surface area contributed by atoms with Crippen molar-refractivity contribution >= 4 is 17.4 Å². The standard InChI is InChI=1S/C21H28FN5O/c1-3-9-26(10-4-2)20-15-19(23-16-24-20)21(28)27-13-11-25(12-14-27)18-7-5-17(22)6-8-18/h5-8,15-16H,3-4,9-14H2,1-2H3. The van der Waals surface area contributed by atoms with Crippen LogP contribution in [0.25, 0.3) is 0 Å². The number of carbonyl (C=O) groups is 1. The van der Waals surface area contributed by atoms with Gasteiger partial charge >= 0.3 is 0 Å². The Labute approximate surface area is 166 Å². The molecule has 28 heavy (non-hydrogen) atoms. The summed E-state index contributed by atoms with van der Waals surface area (Å²) in [5, 5.41) is 0. The average Bonchev–Trinajstić information content (AvgIpc) is 2.74. The van der Waals surface area contributed by atoms with Crippen molar-refractivity contribution in [2.75, 3.05) is 49.1 Å². The molecule has 0 spiro atoms. The third kappa shape index (κ3) is 4.77. The highest BCUT2D eigenvalue weighted by atomic mass is 19.1. The van der Waals surface area contributed by atoms with E-state index in [1.807, 2.05) is 4.90 Å². The smallest absolute Gasteiger partial charge is 0.272 e. The highest BCUT2D eigenvalue weighted by Gasteiger charge is 2.24. The van der Waals surface area contributed by atoms with Crippen LogP contribution in [0.5, 0.6) is 0 Å². The Morgan fingerprint density at radius 3 is 2.29 bits per heavy atom. The Hall–Kier alpha value is -2.70. The number of carbonyl (C=O) groups excluding carboxylic acids is 1. The van der Waals surface area contributed by atoms with E-state index in [2.05, 4.69) is 33.6 Å². The van der Waals surface area contributed by atoms with Gasteiger partial charge in [-0.15, -0.1) is 0 Å². The molecule has 1 saturated heterocycles. The van der Waals surface area contributed by atoms with Gasteiger partial charge in [-0.1, -0.05) is 13.8 Å². The molecule has 0 unspecified atom stereocenters. The summed E-state index contributed by atoms with van der Waals surface area (Å²) in [6.07, 6.45) is 3.53. The molecule has 1 fully saturated rings. The Bertz CT molecular complexity index is 769. The van der Waals surface area contributed by atoms with Crippen molar-refractivity contribution in [3.05, 3.63) is 48.2 Å². The first-order valence-electron chi connectivity index (χ1n) is 9.99. The number of anilines is 2. The molecule has 1 aromatic carbocycles. The van der Waals surface area contributed by atoms with E-state index in [1.54, 1.807) is 18.2 Å². The molecule has 1 aromatic heterocycles. The van der Waals surface area contributed by atoms with Gasteiger partial charge in [0, 0.05) is 51.0 Å². The van der Waals surface area contributed by atoms with Crippen molar-refractivity contribution in [3.8, 4) is 0 Å². The zero-order valence-corrected chi connectivity index (χ0v) is 16.6. The second kappa shape index (κ2) is 9.48. The van der Waals surface area contributed by atoms with Gasteiger partial charge in [-0.05, 0) is 37.1 Å². The minimum atomic E-state index is -0.239. The van der Waals surface area contributed by atoms with Gasteiger partial charge in [-0.2, -0.15) is 0 Å². The maximum Gasteiger partial charge on any atom is 0.272 e. The molecule has 6 nitrogen and oxygen atoms in total. The maximum atomic E-state index is 13.1. The first kappa shape index (κ1) is 20.0. The van der Waals surface area contributed by atoms with Crippen molar-refractivity contribution in [1.82, 2.24) is 14.9 Å². The fourth-order valence-corrected chi connectivity index (χ4v) is 3.50. The van der Waals surface area contributed by atoms with Crippen molar-refractivity contribution < 1.29 is 9.18 Å². The van der Waals surface area contributed by atoms with Crippen LogP contribution in [0.1, 0.15) is 37.2 Å². The Balaban J connectivity index is 1.64. The number of piperazine rings is 1. The summed E-state index contributed by atoms with van der Waals surface area (Å²) in [6, 6.07) is 8.29. The molecule has 0 atom stereocenters. The molecule has 1 amide bonds. The van der Waals surface area contributed by atoms with Crippen LogP contribution >= 0.6 is 0 Å². The van der Waals surface area contributed by atoms with Gasteiger partial charge in [0.15, 0.2) is 0 Å². The number of rotatable bonds is 7. The predicted molar refractivity (Wildman–Crippen MR) is 109 cm³/mol. The summed E-state index contributed by atoms with van der Waals surface area (Å²) >= 11 is 0. The molecule has 0 aliphatic carbocycles. The zero-order chi connectivity index (χ0) is 19.9. The molecule has 0 bridgehead atoms. The predicted octanol–water partition coefficient (Wildman–Crippen LogP) is 3.20. The van der Waals surface area contributed by atoms with E-state index in [1.165, 1.54) is 18.5 Å². The van der Waals surface area contributed by atoms with E-state index in [0.717, 1.165) is 37.4 Å². The molecule has 0 N–H and O–H groups in total. The van der Waals surface area contributed by atoms with Gasteiger partial charge in [0.05, 0.1) is 0 Å². The van der Waals surface area contributed by atoms with E-state index < -0.39 is 0 Å². The molecule has 1 aliphatic heterocycles. The van der Waals surface area contributed by atoms with Crippen LogP contribution in [0, 0.1) is 5.82 Å². The van der Waals surface area contributed by atoms with Gasteiger partial charge in [-0.25, -0.2) is 14.4 Å². The van der Waals surface area contributed by atoms with Crippen LogP contribution in [-0.4, -0.2) is 60.0 Å². The highest BCUT2D eigenvalue weighted by Crippen LogP contribution is 2.19. The lowest BCUT2D eigenvalue weighted by Gasteiger charge is -2.36. The van der Waals surface area contributed by atoms with Crippen LogP contribution < -0.4 is 9.80 Å². The second-order valence-corrected chi connectivity index (χ2v) is 7.00. The first-order chi connectivity index (χ1) is 13.6. The first-order valence-corrected chi connectivity index (χ1v) is 9.99. The molecule has 1 aliphatic rings. The van der Waals surface area contributed by atoms with Crippen molar-refractivity contribution in [1.29, 1.82) is 0 Å². The lowest BCUT2D eigenvalue weighted by Crippen LogP contribution is -2.49. The number of nitrogens with zero attached hydrogens (tertiary/aromatic N) is 5. The number of hydrogen-bond donors (Lipinski definition) is 0. The summed E-state index contributed by atoms with van der Waals surface area (Å²) < 4.78 is 13.1. The Morgan fingerprint density at radius 2 is 1.68 bits per heavy atom. The van der Waals surface area contributed by atoms with Gasteiger partial charge in [0.2, 0.25) is 0 Å². The molecule has 0 radical (unpaired) electrons. The minimum absolute atomic E-state index is 0.0599. The van der Waals surface area contributed by atoms with E-state index in [4.69, 9.17) is 0 Å². The van der Waals surface area contributed by atoms with Crippen molar-refractivity contribution in [3.63, 3.8) is 0 Å². The van der Waals surface area contributed by atoms with E-state index >= 15 is 0 Å². The Kier molecular flexibility index (Phi) is 6.79. The van der Waals surface area contributed by atoms with Gasteiger partial charge in [-0.3, -0.25) is 4.79 Å². The molecule has 150 valence electrons. The fraction of sp³-hybridized carbons (Fsp3) is 0.476. The number of aromatic nitrogens is 2. The van der Waals surface area contributed by atoms with Crippen LogP contribution in [-0.2, 0) is 0 Å². The van der Waals surface area contributed by atoms with E-state index in [9.17, 15) is 9.18 Å². The second-order valence-electron chi connectivity index (χ2n) is 7.00. The number of hydrogen-bond acceptors (Lipinski definition) is 5. The van der Waals surface area contributed by atoms with Crippen LogP contribution in [0.15, 0.2) is 36.7 Å². The normalized spacial score (nSPS) is 14.2. The van der Waals surface area contributed by atoms with Crippen LogP contribution in [0.3, 0.4) is 0 Å². The third-order valence-electron chi connectivity index (χ3n) is 4.94. The van der Waals surface area contributed by atoms with E-state index in [-0.39, 0.29) is 11.7 Å². The third-order valence-corrected chi connectivity index (χ3v) is 4.94. The Morgan fingerprint density at radius 1 is 1.04 bits per heavy atom. The molecular formula is C21H28FN5O. The van der Waals surface area contributed by atoms with Crippen LogP contribution in [0.2, 0.25) is 0 Å². The summed E-state index contributed by atoms with van der Waals surface area (Å²) in [5.41, 5.74) is 1.42. The fourth-order valence-electron chi connectivity index (χ4n) is 3.50. The topological polar surface area (TPSA) is 52.6 Å².